The molecule has 1 aromatic rings. The summed E-state index contributed by atoms with van der Waals surface area (Å²) in [7, 11) is 0. The summed E-state index contributed by atoms with van der Waals surface area (Å²) in [5, 5.41) is 11.9. The zero-order chi connectivity index (χ0) is 10.4. The highest BCUT2D eigenvalue weighted by molar-refractivity contribution is 7.12. The van der Waals surface area contributed by atoms with Crippen molar-refractivity contribution in [1.29, 1.82) is 5.26 Å². The molecule has 0 unspecified atom stereocenters. The maximum atomic E-state index is 8.63. The van der Waals surface area contributed by atoms with Gasteiger partial charge in [0.25, 0.3) is 0 Å². The third kappa shape index (κ3) is 3.73. The smallest absolute Gasteiger partial charge is 0.110 e. The predicted molar refractivity (Wildman–Crippen MR) is 60.2 cm³/mol. The molecule has 74 valence electrons. The summed E-state index contributed by atoms with van der Waals surface area (Å²) < 4.78 is 0. The van der Waals surface area contributed by atoms with E-state index in [1.54, 1.807) is 11.3 Å². The number of nitrogens with one attached hydrogen (secondary N) is 1. The maximum absolute atomic E-state index is 8.63. The number of hydrogen-bond donors (Lipinski definition) is 1. The van der Waals surface area contributed by atoms with Gasteiger partial charge in [-0.15, -0.1) is 11.3 Å². The summed E-state index contributed by atoms with van der Waals surface area (Å²) in [5.74, 6) is 0. The number of allylic oxidation sites excluding steroid dienone is 1. The first-order valence-corrected chi connectivity index (χ1v) is 5.37. The molecule has 0 fully saturated rings. The third-order valence-corrected chi connectivity index (χ3v) is 2.72. The molecule has 0 atom stereocenters. The van der Waals surface area contributed by atoms with Crippen LogP contribution in [0.5, 0.6) is 0 Å². The molecule has 2 nitrogen and oxygen atoms in total. The fourth-order valence-electron chi connectivity index (χ4n) is 1.00. The summed E-state index contributed by atoms with van der Waals surface area (Å²) >= 11 is 1.55. The molecule has 0 bridgehead atoms. The van der Waals surface area contributed by atoms with E-state index in [-0.39, 0.29) is 0 Å². The van der Waals surface area contributed by atoms with Crippen LogP contribution in [0, 0.1) is 11.3 Å². The minimum Gasteiger partial charge on any atom is -0.308 e. The van der Waals surface area contributed by atoms with Crippen LogP contribution in [0.25, 0.3) is 0 Å². The number of hydrogen-bond acceptors (Lipinski definition) is 3. The molecule has 1 heterocycles. The zero-order valence-electron chi connectivity index (χ0n) is 8.50. The van der Waals surface area contributed by atoms with E-state index in [1.165, 1.54) is 10.5 Å². The van der Waals surface area contributed by atoms with Crippen molar-refractivity contribution >= 4 is 11.3 Å². The summed E-state index contributed by atoms with van der Waals surface area (Å²) in [5.41, 5.74) is 1.32. The number of nitriles is 1. The average molecular weight is 206 g/mol. The fraction of sp³-hybridized carbons (Fsp3) is 0.364. The van der Waals surface area contributed by atoms with Gasteiger partial charge in [0, 0.05) is 18.0 Å². The van der Waals surface area contributed by atoms with Gasteiger partial charge in [0.2, 0.25) is 0 Å². The second kappa shape index (κ2) is 5.58. The van der Waals surface area contributed by atoms with E-state index < -0.39 is 0 Å². The van der Waals surface area contributed by atoms with Gasteiger partial charge in [-0.25, -0.2) is 0 Å². The molecule has 1 rings (SSSR count). The van der Waals surface area contributed by atoms with Gasteiger partial charge in [-0.05, 0) is 26.0 Å². The highest BCUT2D eigenvalue weighted by Crippen LogP contribution is 2.14. The van der Waals surface area contributed by atoms with Crippen molar-refractivity contribution < 1.29 is 0 Å². The summed E-state index contributed by atoms with van der Waals surface area (Å²) in [6.45, 7) is 5.90. The first kappa shape index (κ1) is 11.0. The van der Waals surface area contributed by atoms with Crippen LogP contribution in [0.1, 0.15) is 23.6 Å². The lowest BCUT2D eigenvalue weighted by molar-refractivity contribution is 0.767. The second-order valence-corrected chi connectivity index (χ2v) is 4.46. The minimum atomic E-state index is 0.781. The van der Waals surface area contributed by atoms with Crippen molar-refractivity contribution in [3.8, 4) is 6.07 Å². The van der Waals surface area contributed by atoms with Gasteiger partial charge in [0.15, 0.2) is 0 Å². The lowest BCUT2D eigenvalue weighted by Gasteiger charge is -1.98. The van der Waals surface area contributed by atoms with Crippen LogP contribution in [-0.4, -0.2) is 6.54 Å². The van der Waals surface area contributed by atoms with Crippen LogP contribution in [0.2, 0.25) is 0 Å². The van der Waals surface area contributed by atoms with E-state index in [2.05, 4.69) is 31.3 Å². The summed E-state index contributed by atoms with van der Waals surface area (Å²) in [6, 6.07) is 6.00. The fourth-order valence-corrected chi connectivity index (χ4v) is 1.78. The molecular weight excluding hydrogens is 192 g/mol. The van der Waals surface area contributed by atoms with Crippen molar-refractivity contribution in [1.82, 2.24) is 5.32 Å². The van der Waals surface area contributed by atoms with Crippen LogP contribution < -0.4 is 5.32 Å². The van der Waals surface area contributed by atoms with E-state index in [1.807, 2.05) is 12.1 Å². The first-order chi connectivity index (χ1) is 6.72. The Labute approximate surface area is 88.9 Å². The Morgan fingerprint density at radius 1 is 1.57 bits per heavy atom. The van der Waals surface area contributed by atoms with E-state index in [9.17, 15) is 0 Å². The summed E-state index contributed by atoms with van der Waals surface area (Å²) in [6.07, 6.45) is 2.15. The largest absolute Gasteiger partial charge is 0.308 e. The molecule has 1 N–H and O–H groups in total. The first-order valence-electron chi connectivity index (χ1n) is 4.55. The maximum Gasteiger partial charge on any atom is 0.110 e. The lowest BCUT2D eigenvalue weighted by Crippen LogP contribution is -2.11. The molecule has 0 amide bonds. The molecule has 0 radical (unpaired) electrons. The standard InChI is InChI=1S/C11H14N2S/c1-9(2)5-6-13-8-11-4-3-10(7-12)14-11/h3-5,13H,6,8H2,1-2H3. The van der Waals surface area contributed by atoms with E-state index in [0.717, 1.165) is 18.0 Å². The van der Waals surface area contributed by atoms with Crippen LogP contribution in [0.3, 0.4) is 0 Å². The van der Waals surface area contributed by atoms with E-state index in [4.69, 9.17) is 5.26 Å². The molecule has 0 saturated heterocycles. The predicted octanol–water partition coefficient (Wildman–Crippen LogP) is 2.68. The molecule has 0 aromatic carbocycles. The quantitative estimate of drug-likeness (QED) is 0.607. The number of thiophene rings is 1. The highest BCUT2D eigenvalue weighted by atomic mass is 32.1. The monoisotopic (exact) mass is 206 g/mol. The third-order valence-electron chi connectivity index (χ3n) is 1.73. The van der Waals surface area contributed by atoms with Gasteiger partial charge < -0.3 is 5.32 Å². The van der Waals surface area contributed by atoms with Gasteiger partial charge in [0.1, 0.15) is 10.9 Å². The van der Waals surface area contributed by atoms with Gasteiger partial charge in [-0.2, -0.15) is 5.26 Å². The number of rotatable bonds is 4. The molecule has 0 spiro atoms. The Kier molecular flexibility index (Phi) is 4.37. The van der Waals surface area contributed by atoms with E-state index in [0.29, 0.717) is 0 Å². The van der Waals surface area contributed by atoms with Crippen molar-refractivity contribution in [3.05, 3.63) is 33.5 Å². The molecule has 1 aromatic heterocycles. The molecule has 0 aliphatic rings. The lowest BCUT2D eigenvalue weighted by atomic mass is 10.3. The number of nitrogens with zero attached hydrogens (tertiary/aromatic N) is 1. The molecule has 14 heavy (non-hydrogen) atoms. The Bertz CT molecular complexity index is 354. The zero-order valence-corrected chi connectivity index (χ0v) is 9.32. The van der Waals surface area contributed by atoms with Crippen LogP contribution in [0.15, 0.2) is 23.8 Å². The highest BCUT2D eigenvalue weighted by Gasteiger charge is 1.97. The molecule has 0 aliphatic heterocycles. The van der Waals surface area contributed by atoms with Crippen LogP contribution in [0.4, 0.5) is 0 Å². The molecule has 0 saturated carbocycles. The van der Waals surface area contributed by atoms with Crippen LogP contribution >= 0.6 is 11.3 Å². The molecule has 3 heteroatoms. The summed E-state index contributed by atoms with van der Waals surface area (Å²) in [4.78, 5) is 1.99. The normalized spacial score (nSPS) is 9.50. The van der Waals surface area contributed by atoms with Gasteiger partial charge in [0.05, 0.1) is 0 Å². The Hall–Kier alpha value is -1.11. The van der Waals surface area contributed by atoms with Crippen molar-refractivity contribution in [2.45, 2.75) is 20.4 Å². The Morgan fingerprint density at radius 3 is 2.93 bits per heavy atom. The second-order valence-electron chi connectivity index (χ2n) is 3.29. The van der Waals surface area contributed by atoms with Gasteiger partial charge >= 0.3 is 0 Å². The Morgan fingerprint density at radius 2 is 2.36 bits per heavy atom. The SMILES string of the molecule is CC(C)=CCNCc1ccc(C#N)s1. The van der Waals surface area contributed by atoms with E-state index >= 15 is 0 Å². The molecule has 0 aliphatic carbocycles. The van der Waals surface area contributed by atoms with Gasteiger partial charge in [-0.3, -0.25) is 0 Å². The Balaban J connectivity index is 2.32. The van der Waals surface area contributed by atoms with Crippen molar-refractivity contribution in [2.75, 3.05) is 6.54 Å². The van der Waals surface area contributed by atoms with Gasteiger partial charge in [-0.1, -0.05) is 11.6 Å². The average Bonchev–Trinajstić information content (AvgIpc) is 2.60. The van der Waals surface area contributed by atoms with Crippen molar-refractivity contribution in [3.63, 3.8) is 0 Å². The molecular formula is C11H14N2S. The topological polar surface area (TPSA) is 35.8 Å². The minimum absolute atomic E-state index is 0.781. The van der Waals surface area contributed by atoms with Crippen molar-refractivity contribution in [2.24, 2.45) is 0 Å². The van der Waals surface area contributed by atoms with Crippen LogP contribution in [-0.2, 0) is 6.54 Å².